The fraction of sp³-hybridized carbons (Fsp3) is 0.438. The Morgan fingerprint density at radius 3 is 2.63 bits per heavy atom. The Hall–Kier alpha value is -1.61. The van der Waals surface area contributed by atoms with Gasteiger partial charge in [-0.25, -0.2) is 0 Å². The molecule has 0 aromatic heterocycles. The molecule has 0 amide bonds. The van der Waals surface area contributed by atoms with E-state index in [0.29, 0.717) is 0 Å². The zero-order valence-corrected chi connectivity index (χ0v) is 11.6. The third-order valence-electron chi connectivity index (χ3n) is 3.82. The highest BCUT2D eigenvalue weighted by atomic mass is 16.4. The summed E-state index contributed by atoms with van der Waals surface area (Å²) < 4.78 is 0. The molecule has 19 heavy (non-hydrogen) atoms. The van der Waals surface area contributed by atoms with Crippen LogP contribution in [0.3, 0.4) is 0 Å². The molecule has 3 heteroatoms. The first-order chi connectivity index (χ1) is 9.00. The quantitative estimate of drug-likeness (QED) is 0.845. The molecular formula is C16H21NO2. The molecule has 0 aliphatic carbocycles. The molecule has 3 nitrogen and oxygen atoms in total. The molecule has 1 aromatic rings. The number of aliphatic carboxylic acids is 1. The first-order valence-corrected chi connectivity index (χ1v) is 6.69. The van der Waals surface area contributed by atoms with Crippen molar-refractivity contribution >= 4 is 5.97 Å². The molecular weight excluding hydrogens is 238 g/mol. The van der Waals surface area contributed by atoms with Gasteiger partial charge in [-0.05, 0) is 31.4 Å². The van der Waals surface area contributed by atoms with Gasteiger partial charge in [0.05, 0.1) is 5.41 Å². The molecule has 0 fully saturated rings. The van der Waals surface area contributed by atoms with E-state index in [9.17, 15) is 9.90 Å². The van der Waals surface area contributed by atoms with E-state index in [1.54, 1.807) is 13.8 Å². The smallest absolute Gasteiger partial charge is 0.313 e. The minimum absolute atomic E-state index is 0.744. The van der Waals surface area contributed by atoms with E-state index in [1.165, 1.54) is 5.56 Å². The molecule has 0 atom stereocenters. The van der Waals surface area contributed by atoms with Crippen molar-refractivity contribution in [3.05, 3.63) is 47.5 Å². The summed E-state index contributed by atoms with van der Waals surface area (Å²) in [6, 6.07) is 10.3. The second-order valence-electron chi connectivity index (χ2n) is 5.64. The maximum Gasteiger partial charge on any atom is 0.313 e. The Kier molecular flexibility index (Phi) is 4.05. The van der Waals surface area contributed by atoms with Gasteiger partial charge in [-0.1, -0.05) is 36.4 Å². The van der Waals surface area contributed by atoms with Crippen molar-refractivity contribution in [1.29, 1.82) is 0 Å². The van der Waals surface area contributed by atoms with Gasteiger partial charge in [-0.2, -0.15) is 0 Å². The molecule has 0 spiro atoms. The number of hydrogen-bond donors (Lipinski definition) is 1. The molecule has 1 aliphatic heterocycles. The minimum atomic E-state index is -0.768. The van der Waals surface area contributed by atoms with Gasteiger partial charge in [-0.15, -0.1) is 0 Å². The summed E-state index contributed by atoms with van der Waals surface area (Å²) >= 11 is 0. The Labute approximate surface area is 114 Å². The van der Waals surface area contributed by atoms with Crippen LogP contribution in [0.15, 0.2) is 42.0 Å². The number of rotatable bonds is 4. The molecule has 0 saturated carbocycles. The lowest BCUT2D eigenvalue weighted by Crippen LogP contribution is -2.37. The van der Waals surface area contributed by atoms with Crippen molar-refractivity contribution in [3.8, 4) is 0 Å². The summed E-state index contributed by atoms with van der Waals surface area (Å²) in [7, 11) is 0. The summed E-state index contributed by atoms with van der Waals surface area (Å²) in [5.74, 6) is -0.750. The zero-order valence-electron chi connectivity index (χ0n) is 11.6. The van der Waals surface area contributed by atoms with E-state index < -0.39 is 11.4 Å². The minimum Gasteiger partial charge on any atom is -0.481 e. The van der Waals surface area contributed by atoms with Gasteiger partial charge in [0.25, 0.3) is 0 Å². The van der Waals surface area contributed by atoms with Gasteiger partial charge < -0.3 is 5.11 Å². The Morgan fingerprint density at radius 2 is 2.00 bits per heavy atom. The molecule has 102 valence electrons. The van der Waals surface area contributed by atoms with Crippen molar-refractivity contribution in [2.45, 2.75) is 26.8 Å². The summed E-state index contributed by atoms with van der Waals surface area (Å²) in [4.78, 5) is 13.6. The molecule has 1 aliphatic rings. The van der Waals surface area contributed by atoms with E-state index in [1.807, 2.05) is 18.2 Å². The van der Waals surface area contributed by atoms with Crippen LogP contribution in [0.5, 0.6) is 0 Å². The van der Waals surface area contributed by atoms with Crippen molar-refractivity contribution in [2.24, 2.45) is 5.41 Å². The van der Waals surface area contributed by atoms with Gasteiger partial charge in [0.15, 0.2) is 0 Å². The average Bonchev–Trinajstić information content (AvgIpc) is 2.40. The van der Waals surface area contributed by atoms with Crippen LogP contribution in [0, 0.1) is 5.41 Å². The van der Waals surface area contributed by atoms with E-state index in [4.69, 9.17) is 0 Å². The Morgan fingerprint density at radius 1 is 1.32 bits per heavy atom. The highest BCUT2D eigenvalue weighted by Gasteiger charge is 2.33. The van der Waals surface area contributed by atoms with Crippen LogP contribution in [0.4, 0.5) is 0 Å². The van der Waals surface area contributed by atoms with E-state index in [0.717, 1.165) is 31.6 Å². The first kappa shape index (κ1) is 13.8. The largest absolute Gasteiger partial charge is 0.481 e. The maximum atomic E-state index is 11.3. The van der Waals surface area contributed by atoms with Crippen molar-refractivity contribution < 1.29 is 9.90 Å². The fourth-order valence-electron chi connectivity index (χ4n) is 2.37. The lowest BCUT2D eigenvalue weighted by molar-refractivity contribution is -0.145. The summed E-state index contributed by atoms with van der Waals surface area (Å²) in [6.07, 6.45) is 3.02. The highest BCUT2D eigenvalue weighted by Crippen LogP contribution is 2.30. The summed E-state index contributed by atoms with van der Waals surface area (Å²) in [5.41, 5.74) is 1.52. The number of nitrogens with zero attached hydrogens (tertiary/aromatic N) is 1. The number of carboxylic acids is 1. The Bertz CT molecular complexity index is 477. The third kappa shape index (κ3) is 3.24. The van der Waals surface area contributed by atoms with Crippen molar-refractivity contribution in [2.75, 3.05) is 13.1 Å². The molecule has 1 heterocycles. The standard InChI is InChI=1S/C16H21NO2/c1-16(2,15(18)19)14-9-6-10-17(12-14)11-13-7-4-3-5-8-13/h3-5,7-9H,6,10-12H2,1-2H3,(H,18,19). The predicted octanol–water partition coefficient (Wildman–Crippen LogP) is 2.93. The third-order valence-corrected chi connectivity index (χ3v) is 3.82. The van der Waals surface area contributed by atoms with Crippen LogP contribution in [0.1, 0.15) is 25.8 Å². The topological polar surface area (TPSA) is 40.5 Å². The number of benzene rings is 1. The van der Waals surface area contributed by atoms with Crippen LogP contribution in [-0.2, 0) is 11.3 Å². The van der Waals surface area contributed by atoms with Gasteiger partial charge in [0.1, 0.15) is 0 Å². The fourth-order valence-corrected chi connectivity index (χ4v) is 2.37. The van der Waals surface area contributed by atoms with Crippen molar-refractivity contribution in [1.82, 2.24) is 4.90 Å². The number of carbonyl (C=O) groups is 1. The second-order valence-corrected chi connectivity index (χ2v) is 5.64. The Balaban J connectivity index is 2.05. The zero-order chi connectivity index (χ0) is 13.9. The molecule has 1 aromatic carbocycles. The second kappa shape index (κ2) is 5.57. The monoisotopic (exact) mass is 259 g/mol. The SMILES string of the molecule is CC(C)(C(=O)O)C1=CCCN(Cc2ccccc2)C1. The number of carboxylic acid groups (broad SMARTS) is 1. The van der Waals surface area contributed by atoms with Gasteiger partial charge in [-0.3, -0.25) is 9.69 Å². The summed E-state index contributed by atoms with van der Waals surface area (Å²) in [6.45, 7) is 6.19. The highest BCUT2D eigenvalue weighted by molar-refractivity contribution is 5.77. The van der Waals surface area contributed by atoms with Crippen LogP contribution in [-0.4, -0.2) is 29.1 Å². The summed E-state index contributed by atoms with van der Waals surface area (Å²) in [5, 5.41) is 9.31. The van der Waals surface area contributed by atoms with E-state index >= 15 is 0 Å². The predicted molar refractivity (Wildman–Crippen MR) is 75.8 cm³/mol. The van der Waals surface area contributed by atoms with Gasteiger partial charge in [0.2, 0.25) is 0 Å². The van der Waals surface area contributed by atoms with Crippen molar-refractivity contribution in [3.63, 3.8) is 0 Å². The molecule has 0 unspecified atom stereocenters. The van der Waals surface area contributed by atoms with E-state index in [2.05, 4.69) is 23.1 Å². The van der Waals surface area contributed by atoms with Crippen LogP contribution < -0.4 is 0 Å². The number of hydrogen-bond acceptors (Lipinski definition) is 2. The van der Waals surface area contributed by atoms with Crippen LogP contribution in [0.25, 0.3) is 0 Å². The average molecular weight is 259 g/mol. The lowest BCUT2D eigenvalue weighted by Gasteiger charge is -2.33. The first-order valence-electron chi connectivity index (χ1n) is 6.69. The maximum absolute atomic E-state index is 11.3. The van der Waals surface area contributed by atoms with E-state index in [-0.39, 0.29) is 0 Å². The van der Waals surface area contributed by atoms with Gasteiger partial charge in [0, 0.05) is 19.6 Å². The molecule has 0 bridgehead atoms. The van der Waals surface area contributed by atoms with Crippen LogP contribution >= 0.6 is 0 Å². The molecule has 2 rings (SSSR count). The normalized spacial score (nSPS) is 17.1. The molecule has 0 radical (unpaired) electrons. The lowest BCUT2D eigenvalue weighted by atomic mass is 9.82. The molecule has 1 N–H and O–H groups in total. The molecule has 0 saturated heterocycles. The van der Waals surface area contributed by atoms with Crippen LogP contribution in [0.2, 0.25) is 0 Å². The van der Waals surface area contributed by atoms with Gasteiger partial charge >= 0.3 is 5.97 Å².